The Morgan fingerprint density at radius 3 is 0.792 bits per heavy atom. The summed E-state index contributed by atoms with van der Waals surface area (Å²) in [5.74, 6) is -0.895. The van der Waals surface area contributed by atoms with E-state index < -0.39 is 6.10 Å². The predicted molar refractivity (Wildman–Crippen MR) is 334 cm³/mol. The number of unbranched alkanes of at least 4 members (excludes halogenated alkanes) is 35. The van der Waals surface area contributed by atoms with E-state index >= 15 is 0 Å². The van der Waals surface area contributed by atoms with Gasteiger partial charge >= 0.3 is 17.9 Å². The van der Waals surface area contributed by atoms with E-state index in [0.29, 0.717) is 19.3 Å². The van der Waals surface area contributed by atoms with Crippen LogP contribution in [0.1, 0.15) is 329 Å². The molecule has 444 valence electrons. The molecular formula is C71H124O6. The molecule has 0 fully saturated rings. The Balaban J connectivity index is 4.08. The Hall–Kier alpha value is -3.41. The van der Waals surface area contributed by atoms with Gasteiger partial charge in [-0.3, -0.25) is 14.4 Å². The molecule has 0 spiro atoms. The number of hydrogen-bond acceptors (Lipinski definition) is 6. The lowest BCUT2D eigenvalue weighted by atomic mass is 10.0. The van der Waals surface area contributed by atoms with Crippen molar-refractivity contribution in [2.75, 3.05) is 13.2 Å². The Kier molecular flexibility index (Phi) is 62.2. The fraction of sp³-hybridized carbons (Fsp3) is 0.761. The lowest BCUT2D eigenvalue weighted by Gasteiger charge is -2.18. The highest BCUT2D eigenvalue weighted by Crippen LogP contribution is 2.17. The zero-order chi connectivity index (χ0) is 55.7. The summed E-state index contributed by atoms with van der Waals surface area (Å²) < 4.78 is 16.8. The van der Waals surface area contributed by atoms with Gasteiger partial charge in [-0.15, -0.1) is 0 Å². The normalized spacial score (nSPS) is 12.6. The van der Waals surface area contributed by atoms with Gasteiger partial charge in [-0.2, -0.15) is 0 Å². The third kappa shape index (κ3) is 63.3. The topological polar surface area (TPSA) is 78.9 Å². The first kappa shape index (κ1) is 73.6. The number of esters is 3. The molecule has 0 aromatic carbocycles. The summed E-state index contributed by atoms with van der Waals surface area (Å²) in [5.41, 5.74) is 0. The van der Waals surface area contributed by atoms with Gasteiger partial charge in [-0.1, -0.05) is 298 Å². The van der Waals surface area contributed by atoms with Crippen LogP contribution in [0.4, 0.5) is 0 Å². The zero-order valence-electron chi connectivity index (χ0n) is 51.0. The van der Waals surface area contributed by atoms with Crippen molar-refractivity contribution in [3.8, 4) is 0 Å². The van der Waals surface area contributed by atoms with E-state index in [1.807, 2.05) is 0 Å². The second-order valence-corrected chi connectivity index (χ2v) is 22.0. The number of ether oxygens (including phenoxy) is 3. The van der Waals surface area contributed by atoms with Gasteiger partial charge in [0.15, 0.2) is 6.10 Å². The summed E-state index contributed by atoms with van der Waals surface area (Å²) in [6.07, 6.45) is 86.3. The lowest BCUT2D eigenvalue weighted by Crippen LogP contribution is -2.30. The smallest absolute Gasteiger partial charge is 0.306 e. The van der Waals surface area contributed by atoms with Crippen LogP contribution in [0.15, 0.2) is 85.1 Å². The second-order valence-electron chi connectivity index (χ2n) is 22.0. The van der Waals surface area contributed by atoms with Crippen LogP contribution in [0.5, 0.6) is 0 Å². The molecule has 0 saturated heterocycles. The van der Waals surface area contributed by atoms with E-state index in [2.05, 4.69) is 106 Å². The molecule has 0 saturated carbocycles. The third-order valence-electron chi connectivity index (χ3n) is 14.4. The van der Waals surface area contributed by atoms with Crippen molar-refractivity contribution in [3.05, 3.63) is 85.1 Å². The summed E-state index contributed by atoms with van der Waals surface area (Å²) >= 11 is 0. The van der Waals surface area contributed by atoms with E-state index in [1.165, 1.54) is 173 Å². The maximum absolute atomic E-state index is 12.9. The lowest BCUT2D eigenvalue weighted by molar-refractivity contribution is -0.167. The standard InChI is InChI=1S/C71H124O6/c1-4-7-10-13-16-18-20-22-24-26-28-30-31-32-33-34-35-36-37-38-39-41-42-44-46-48-50-52-55-58-61-64-70(73)76-67-68(66-75-69(72)63-60-57-54-15-12-9-6-3)77-71(74)65-62-59-56-53-51-49-47-45-43-40-29-27-25-23-21-19-17-14-11-8-5-2/h8,11,17,19-20,22-23,25-26,28-29,40,45,47,68H,4-7,9-10,12-16,18,21,24,27,30-39,41-44,46,48-67H2,1-3H3/b11-8-,19-17-,22-20-,25-23-,28-26-,40-29-,47-45-. The molecule has 0 aliphatic rings. The van der Waals surface area contributed by atoms with Crippen LogP contribution in [0.25, 0.3) is 0 Å². The van der Waals surface area contributed by atoms with E-state index in [-0.39, 0.29) is 31.1 Å². The van der Waals surface area contributed by atoms with Crippen LogP contribution < -0.4 is 0 Å². The molecule has 0 heterocycles. The molecule has 0 bridgehead atoms. The highest BCUT2D eigenvalue weighted by atomic mass is 16.6. The van der Waals surface area contributed by atoms with Crippen LogP contribution in [0, 0.1) is 0 Å². The van der Waals surface area contributed by atoms with Crippen molar-refractivity contribution in [1.29, 1.82) is 0 Å². The molecule has 0 aliphatic carbocycles. The Morgan fingerprint density at radius 1 is 0.273 bits per heavy atom. The van der Waals surface area contributed by atoms with Gasteiger partial charge in [0.1, 0.15) is 13.2 Å². The summed E-state index contributed by atoms with van der Waals surface area (Å²) in [5, 5.41) is 0. The highest BCUT2D eigenvalue weighted by molar-refractivity contribution is 5.71. The SMILES string of the molecule is CC/C=C\C/C=C\C/C=C\C/C=C\C/C=C\CCCCCCCC(=O)OC(COC(=O)CCCCCCCCC)COC(=O)CCCCCCCCCCCCCCCCCCCCC/C=C\C/C=C\CCCCCCC. The van der Waals surface area contributed by atoms with Gasteiger partial charge < -0.3 is 14.2 Å². The molecular weight excluding hydrogens is 949 g/mol. The van der Waals surface area contributed by atoms with E-state index in [4.69, 9.17) is 14.2 Å². The fourth-order valence-electron chi connectivity index (χ4n) is 9.44. The van der Waals surface area contributed by atoms with Gasteiger partial charge in [0, 0.05) is 19.3 Å². The molecule has 0 radical (unpaired) electrons. The number of carbonyl (C=O) groups is 3. The molecule has 1 atom stereocenters. The van der Waals surface area contributed by atoms with Gasteiger partial charge in [0.2, 0.25) is 0 Å². The average Bonchev–Trinajstić information content (AvgIpc) is 3.43. The monoisotopic (exact) mass is 1070 g/mol. The van der Waals surface area contributed by atoms with E-state index in [0.717, 1.165) is 116 Å². The quantitative estimate of drug-likeness (QED) is 0.0261. The van der Waals surface area contributed by atoms with Crippen molar-refractivity contribution >= 4 is 17.9 Å². The van der Waals surface area contributed by atoms with Crippen molar-refractivity contribution in [2.45, 2.75) is 335 Å². The van der Waals surface area contributed by atoms with Crippen LogP contribution in [-0.2, 0) is 28.6 Å². The highest BCUT2D eigenvalue weighted by Gasteiger charge is 2.19. The number of hydrogen-bond donors (Lipinski definition) is 0. The van der Waals surface area contributed by atoms with Crippen molar-refractivity contribution in [3.63, 3.8) is 0 Å². The maximum Gasteiger partial charge on any atom is 0.306 e. The van der Waals surface area contributed by atoms with Crippen molar-refractivity contribution in [2.24, 2.45) is 0 Å². The Labute approximate surface area is 477 Å². The first-order valence-electron chi connectivity index (χ1n) is 33.1. The maximum atomic E-state index is 12.9. The summed E-state index contributed by atoms with van der Waals surface area (Å²) in [7, 11) is 0. The molecule has 0 aromatic heterocycles. The molecule has 1 unspecified atom stereocenters. The largest absolute Gasteiger partial charge is 0.462 e. The van der Waals surface area contributed by atoms with Gasteiger partial charge in [-0.25, -0.2) is 0 Å². The van der Waals surface area contributed by atoms with Gasteiger partial charge in [-0.05, 0) is 96.3 Å². The second kappa shape index (κ2) is 65.1. The third-order valence-corrected chi connectivity index (χ3v) is 14.4. The van der Waals surface area contributed by atoms with E-state index in [9.17, 15) is 14.4 Å². The fourth-order valence-corrected chi connectivity index (χ4v) is 9.44. The molecule has 0 N–H and O–H groups in total. The first-order valence-corrected chi connectivity index (χ1v) is 33.1. The minimum Gasteiger partial charge on any atom is -0.462 e. The molecule has 0 amide bonds. The molecule has 0 aliphatic heterocycles. The predicted octanol–water partition coefficient (Wildman–Crippen LogP) is 22.7. The minimum atomic E-state index is -0.784. The summed E-state index contributed by atoms with van der Waals surface area (Å²) in [6, 6.07) is 0. The average molecular weight is 1070 g/mol. The summed E-state index contributed by atoms with van der Waals surface area (Å²) in [4.78, 5) is 38.1. The van der Waals surface area contributed by atoms with Crippen molar-refractivity contribution in [1.82, 2.24) is 0 Å². The van der Waals surface area contributed by atoms with E-state index in [1.54, 1.807) is 0 Å². The van der Waals surface area contributed by atoms with Gasteiger partial charge in [0.05, 0.1) is 0 Å². The van der Waals surface area contributed by atoms with Crippen LogP contribution >= 0.6 is 0 Å². The number of rotatable bonds is 60. The van der Waals surface area contributed by atoms with Crippen LogP contribution in [0.2, 0.25) is 0 Å². The number of allylic oxidation sites excluding steroid dienone is 14. The Bertz CT molecular complexity index is 1470. The summed E-state index contributed by atoms with van der Waals surface area (Å²) in [6.45, 7) is 6.49. The van der Waals surface area contributed by atoms with Crippen LogP contribution in [0.3, 0.4) is 0 Å². The molecule has 77 heavy (non-hydrogen) atoms. The first-order chi connectivity index (χ1) is 38.0. The molecule has 6 nitrogen and oxygen atoms in total. The van der Waals surface area contributed by atoms with Crippen molar-refractivity contribution < 1.29 is 28.6 Å². The number of carbonyl (C=O) groups excluding carboxylic acids is 3. The molecule has 0 rings (SSSR count). The van der Waals surface area contributed by atoms with Crippen LogP contribution in [-0.4, -0.2) is 37.2 Å². The molecule has 6 heteroatoms. The molecule has 0 aromatic rings. The van der Waals surface area contributed by atoms with Gasteiger partial charge in [0.25, 0.3) is 0 Å². The zero-order valence-corrected chi connectivity index (χ0v) is 51.0. The Morgan fingerprint density at radius 2 is 0.506 bits per heavy atom. The minimum absolute atomic E-state index is 0.0814.